The summed E-state index contributed by atoms with van der Waals surface area (Å²) in [4.78, 5) is 2.84. The second-order valence-corrected chi connectivity index (χ2v) is 6.57. The molecule has 23 heavy (non-hydrogen) atoms. The van der Waals surface area contributed by atoms with E-state index in [9.17, 15) is 4.39 Å². The molecule has 7 heteroatoms. The van der Waals surface area contributed by atoms with Gasteiger partial charge in [0.25, 0.3) is 5.89 Å². The second-order valence-electron chi connectivity index (χ2n) is 5.21. The summed E-state index contributed by atoms with van der Waals surface area (Å²) in [7, 11) is 1.86. The van der Waals surface area contributed by atoms with Gasteiger partial charge in [0.1, 0.15) is 5.82 Å². The van der Waals surface area contributed by atoms with Gasteiger partial charge in [-0.05, 0) is 37.6 Å². The highest BCUT2D eigenvalue weighted by atomic mass is 35.5. The Morgan fingerprint density at radius 2 is 2.13 bits per heavy atom. The Morgan fingerprint density at radius 3 is 2.83 bits per heavy atom. The molecule has 0 aliphatic carbocycles. The van der Waals surface area contributed by atoms with Crippen LogP contribution in [0.15, 0.2) is 40.1 Å². The topological polar surface area (TPSA) is 42.2 Å². The molecule has 0 saturated heterocycles. The van der Waals surface area contributed by atoms with Crippen molar-refractivity contribution < 1.29 is 8.81 Å². The predicted molar refractivity (Wildman–Crippen MR) is 88.9 cm³/mol. The monoisotopic (exact) mass is 351 g/mol. The van der Waals surface area contributed by atoms with Gasteiger partial charge in [0.2, 0.25) is 5.89 Å². The van der Waals surface area contributed by atoms with Gasteiger partial charge in [0.15, 0.2) is 0 Å². The van der Waals surface area contributed by atoms with E-state index in [1.807, 2.05) is 36.4 Å². The van der Waals surface area contributed by atoms with Crippen molar-refractivity contribution in [1.29, 1.82) is 0 Å². The van der Waals surface area contributed by atoms with Crippen LogP contribution >= 0.6 is 22.9 Å². The number of rotatable bonds is 5. The van der Waals surface area contributed by atoms with E-state index in [2.05, 4.69) is 10.2 Å². The van der Waals surface area contributed by atoms with Gasteiger partial charge >= 0.3 is 0 Å². The molecule has 3 aromatic rings. The van der Waals surface area contributed by atoms with Crippen LogP contribution in [0.1, 0.15) is 24.4 Å². The van der Waals surface area contributed by atoms with Crippen LogP contribution in [0.4, 0.5) is 4.39 Å². The van der Waals surface area contributed by atoms with Crippen molar-refractivity contribution in [3.63, 3.8) is 0 Å². The lowest BCUT2D eigenvalue weighted by molar-refractivity contribution is 0.215. The molecule has 0 spiro atoms. The van der Waals surface area contributed by atoms with Crippen molar-refractivity contribution in [2.75, 3.05) is 7.05 Å². The van der Waals surface area contributed by atoms with E-state index in [0.29, 0.717) is 28.9 Å². The normalized spacial score (nSPS) is 12.7. The number of aromatic nitrogens is 2. The molecule has 0 aliphatic rings. The largest absolute Gasteiger partial charge is 0.418 e. The fourth-order valence-corrected chi connectivity index (χ4v) is 3.03. The summed E-state index contributed by atoms with van der Waals surface area (Å²) in [5, 5.41) is 10.5. The van der Waals surface area contributed by atoms with E-state index in [1.165, 1.54) is 17.4 Å². The quantitative estimate of drug-likeness (QED) is 0.663. The summed E-state index contributed by atoms with van der Waals surface area (Å²) < 4.78 is 19.6. The summed E-state index contributed by atoms with van der Waals surface area (Å²) in [6.45, 7) is 2.28. The fraction of sp³-hybridized carbons (Fsp3) is 0.250. The van der Waals surface area contributed by atoms with E-state index >= 15 is 0 Å². The molecule has 120 valence electrons. The highest BCUT2D eigenvalue weighted by molar-refractivity contribution is 7.13. The molecule has 1 atom stereocenters. The van der Waals surface area contributed by atoms with Gasteiger partial charge in [-0.3, -0.25) is 4.90 Å². The third-order valence-electron chi connectivity index (χ3n) is 3.66. The Balaban J connectivity index is 1.76. The van der Waals surface area contributed by atoms with E-state index in [4.69, 9.17) is 16.0 Å². The molecule has 0 radical (unpaired) electrons. The summed E-state index contributed by atoms with van der Waals surface area (Å²) in [5.41, 5.74) is 0.460. The first-order valence-corrected chi connectivity index (χ1v) is 8.32. The van der Waals surface area contributed by atoms with E-state index in [-0.39, 0.29) is 11.9 Å². The molecular formula is C16H15ClFN3OS. The van der Waals surface area contributed by atoms with Crippen molar-refractivity contribution in [2.45, 2.75) is 19.5 Å². The Kier molecular flexibility index (Phi) is 4.75. The van der Waals surface area contributed by atoms with Gasteiger partial charge in [-0.25, -0.2) is 4.39 Å². The van der Waals surface area contributed by atoms with Crippen molar-refractivity contribution in [3.05, 3.63) is 58.0 Å². The van der Waals surface area contributed by atoms with Crippen LogP contribution in [-0.2, 0) is 6.54 Å². The van der Waals surface area contributed by atoms with Crippen molar-refractivity contribution >= 4 is 22.9 Å². The van der Waals surface area contributed by atoms with E-state index in [1.54, 1.807) is 12.1 Å². The van der Waals surface area contributed by atoms with Crippen LogP contribution in [0.5, 0.6) is 0 Å². The first-order chi connectivity index (χ1) is 11.1. The van der Waals surface area contributed by atoms with Gasteiger partial charge < -0.3 is 4.42 Å². The second kappa shape index (κ2) is 6.78. The molecule has 0 aliphatic heterocycles. The first kappa shape index (κ1) is 16.1. The molecular weight excluding hydrogens is 337 g/mol. The first-order valence-electron chi connectivity index (χ1n) is 7.06. The van der Waals surface area contributed by atoms with Crippen LogP contribution in [0.25, 0.3) is 10.8 Å². The van der Waals surface area contributed by atoms with Gasteiger partial charge in [-0.1, -0.05) is 23.7 Å². The third kappa shape index (κ3) is 3.44. The fourth-order valence-electron chi connectivity index (χ4n) is 2.16. The van der Waals surface area contributed by atoms with Crippen LogP contribution in [-0.4, -0.2) is 22.1 Å². The number of nitrogens with zero attached hydrogens (tertiary/aromatic N) is 3. The molecule has 3 rings (SSSR count). The lowest BCUT2D eigenvalue weighted by atomic mass is 10.1. The minimum Gasteiger partial charge on any atom is -0.418 e. The average Bonchev–Trinajstić information content (AvgIpc) is 3.20. The Hall–Kier alpha value is -1.76. The van der Waals surface area contributed by atoms with E-state index in [0.717, 1.165) is 4.88 Å². The maximum absolute atomic E-state index is 13.9. The van der Waals surface area contributed by atoms with Crippen LogP contribution < -0.4 is 0 Å². The molecule has 0 amide bonds. The maximum Gasteiger partial charge on any atom is 0.257 e. The lowest BCUT2D eigenvalue weighted by Gasteiger charge is -2.22. The molecule has 0 unspecified atom stereocenters. The molecule has 0 N–H and O–H groups in total. The summed E-state index contributed by atoms with van der Waals surface area (Å²) in [5.74, 6) is 0.670. The standard InChI is InChI=1S/C16H15ClFN3OS/c1-10(15-19-20-16(22-15)14-7-4-8-23-14)21(2)9-11-12(17)5-3-6-13(11)18/h3-8,10H,9H2,1-2H3/t10-/m1/s1. The highest BCUT2D eigenvalue weighted by Gasteiger charge is 2.21. The van der Waals surface area contributed by atoms with Gasteiger partial charge in [-0.2, -0.15) is 0 Å². The number of benzene rings is 1. The maximum atomic E-state index is 13.9. The number of thiophene rings is 1. The molecule has 0 fully saturated rings. The molecule has 2 aromatic heterocycles. The minimum absolute atomic E-state index is 0.160. The Bertz CT molecular complexity index is 770. The lowest BCUT2D eigenvalue weighted by Crippen LogP contribution is -2.23. The molecule has 2 heterocycles. The smallest absolute Gasteiger partial charge is 0.257 e. The molecule has 0 saturated carbocycles. The molecule has 0 bridgehead atoms. The summed E-state index contributed by atoms with van der Waals surface area (Å²) in [6, 6.07) is 8.37. The van der Waals surface area contributed by atoms with Crippen molar-refractivity contribution in [1.82, 2.24) is 15.1 Å². The highest BCUT2D eigenvalue weighted by Crippen LogP contribution is 2.28. The number of hydrogen-bond acceptors (Lipinski definition) is 5. The zero-order valence-corrected chi connectivity index (χ0v) is 14.2. The van der Waals surface area contributed by atoms with Crippen molar-refractivity contribution in [3.8, 4) is 10.8 Å². The molecule has 4 nitrogen and oxygen atoms in total. The van der Waals surface area contributed by atoms with Gasteiger partial charge in [-0.15, -0.1) is 21.5 Å². The van der Waals surface area contributed by atoms with Crippen LogP contribution in [0.3, 0.4) is 0 Å². The van der Waals surface area contributed by atoms with Gasteiger partial charge in [0, 0.05) is 17.1 Å². The number of halogens is 2. The summed E-state index contributed by atoms with van der Waals surface area (Å²) >= 11 is 7.62. The SMILES string of the molecule is C[C@H](c1nnc(-c2cccs2)o1)N(C)Cc1c(F)cccc1Cl. The molecule has 1 aromatic carbocycles. The van der Waals surface area contributed by atoms with E-state index < -0.39 is 0 Å². The average molecular weight is 352 g/mol. The summed E-state index contributed by atoms with van der Waals surface area (Å²) in [6.07, 6.45) is 0. The van der Waals surface area contributed by atoms with Gasteiger partial charge in [0.05, 0.1) is 10.9 Å². The van der Waals surface area contributed by atoms with Crippen molar-refractivity contribution in [2.24, 2.45) is 0 Å². The zero-order valence-electron chi connectivity index (χ0n) is 12.7. The predicted octanol–water partition coefficient (Wildman–Crippen LogP) is 4.78. The Morgan fingerprint density at radius 1 is 1.30 bits per heavy atom. The minimum atomic E-state index is -0.318. The zero-order chi connectivity index (χ0) is 16.4. The number of hydrogen-bond donors (Lipinski definition) is 0. The third-order valence-corrected chi connectivity index (χ3v) is 4.87. The van der Waals surface area contributed by atoms with Crippen LogP contribution in [0.2, 0.25) is 5.02 Å². The van der Waals surface area contributed by atoms with Crippen LogP contribution in [0, 0.1) is 5.82 Å². The Labute approximate surface area is 142 Å².